The van der Waals surface area contributed by atoms with Crippen molar-refractivity contribution in [3.63, 3.8) is 0 Å². The van der Waals surface area contributed by atoms with E-state index in [1.54, 1.807) is 30.3 Å². The SMILES string of the molecule is O=C(COc1ccc2c3c(c(=O)oc2c1)CCCC3)Nc1cccc(Cl)c1Cl. The van der Waals surface area contributed by atoms with E-state index in [1.165, 1.54) is 0 Å². The molecule has 0 fully saturated rings. The van der Waals surface area contributed by atoms with Crippen molar-refractivity contribution in [2.45, 2.75) is 25.7 Å². The highest BCUT2D eigenvalue weighted by molar-refractivity contribution is 6.44. The number of benzene rings is 2. The highest BCUT2D eigenvalue weighted by Gasteiger charge is 2.18. The maximum absolute atomic E-state index is 12.2. The van der Waals surface area contributed by atoms with Crippen LogP contribution in [0.25, 0.3) is 11.0 Å². The van der Waals surface area contributed by atoms with E-state index in [-0.39, 0.29) is 23.2 Å². The highest BCUT2D eigenvalue weighted by Crippen LogP contribution is 2.30. The van der Waals surface area contributed by atoms with Gasteiger partial charge in [0.2, 0.25) is 0 Å². The largest absolute Gasteiger partial charge is 0.484 e. The first kappa shape index (κ1) is 18.8. The molecule has 0 saturated carbocycles. The van der Waals surface area contributed by atoms with E-state index in [2.05, 4.69) is 5.32 Å². The number of carbonyl (C=O) groups excluding carboxylic acids is 1. The topological polar surface area (TPSA) is 68.5 Å². The Morgan fingerprint density at radius 3 is 2.71 bits per heavy atom. The van der Waals surface area contributed by atoms with Gasteiger partial charge in [0.25, 0.3) is 5.91 Å². The molecule has 1 aliphatic carbocycles. The van der Waals surface area contributed by atoms with E-state index in [0.717, 1.165) is 42.2 Å². The molecule has 0 unspecified atom stereocenters. The second-order valence-electron chi connectivity index (χ2n) is 6.65. The molecule has 1 N–H and O–H groups in total. The molecular weight excluding hydrogens is 401 g/mol. The van der Waals surface area contributed by atoms with Gasteiger partial charge in [0.05, 0.1) is 15.7 Å². The number of amides is 1. The summed E-state index contributed by atoms with van der Waals surface area (Å²) >= 11 is 12.0. The van der Waals surface area contributed by atoms with Gasteiger partial charge in [0, 0.05) is 17.0 Å². The summed E-state index contributed by atoms with van der Waals surface area (Å²) < 4.78 is 11.0. The number of hydrogen-bond donors (Lipinski definition) is 1. The minimum absolute atomic E-state index is 0.219. The van der Waals surface area contributed by atoms with Crippen molar-refractivity contribution in [2.75, 3.05) is 11.9 Å². The maximum atomic E-state index is 12.2. The van der Waals surface area contributed by atoms with Crippen LogP contribution in [0.5, 0.6) is 5.75 Å². The first-order valence-corrected chi connectivity index (χ1v) is 9.74. The number of anilines is 1. The van der Waals surface area contributed by atoms with E-state index in [1.807, 2.05) is 6.07 Å². The van der Waals surface area contributed by atoms with Crippen LogP contribution >= 0.6 is 23.2 Å². The van der Waals surface area contributed by atoms with Crippen molar-refractivity contribution in [3.05, 3.63) is 68.0 Å². The molecule has 1 aromatic heterocycles. The lowest BCUT2D eigenvalue weighted by molar-refractivity contribution is -0.118. The molecule has 1 heterocycles. The Labute approximate surface area is 171 Å². The average molecular weight is 418 g/mol. The van der Waals surface area contributed by atoms with E-state index in [0.29, 0.717) is 22.0 Å². The standard InChI is InChI=1S/C21H17Cl2NO4/c22-16-6-3-7-17(20(16)23)24-19(25)11-27-12-8-9-14-13-4-1-2-5-15(13)21(26)28-18(14)10-12/h3,6-10H,1-2,4-5,11H2,(H,24,25). The van der Waals surface area contributed by atoms with Crippen LogP contribution in [0.3, 0.4) is 0 Å². The van der Waals surface area contributed by atoms with Gasteiger partial charge >= 0.3 is 5.63 Å². The normalized spacial score (nSPS) is 13.2. The van der Waals surface area contributed by atoms with Crippen LogP contribution in [0.1, 0.15) is 24.0 Å². The second-order valence-corrected chi connectivity index (χ2v) is 7.44. The predicted octanol–water partition coefficient (Wildman–Crippen LogP) is 5.00. The van der Waals surface area contributed by atoms with Crippen molar-refractivity contribution in [1.82, 2.24) is 0 Å². The Morgan fingerprint density at radius 2 is 1.89 bits per heavy atom. The van der Waals surface area contributed by atoms with Crippen LogP contribution < -0.4 is 15.7 Å². The molecule has 4 rings (SSSR count). The van der Waals surface area contributed by atoms with Crippen molar-refractivity contribution in [2.24, 2.45) is 0 Å². The number of nitrogens with one attached hydrogen (secondary N) is 1. The van der Waals surface area contributed by atoms with Gasteiger partial charge in [0.1, 0.15) is 11.3 Å². The van der Waals surface area contributed by atoms with Crippen molar-refractivity contribution < 1.29 is 13.9 Å². The number of aryl methyl sites for hydroxylation is 1. The summed E-state index contributed by atoms with van der Waals surface area (Å²) in [6.07, 6.45) is 3.71. The Bertz CT molecular complexity index is 1120. The smallest absolute Gasteiger partial charge is 0.339 e. The number of ether oxygens (including phenoxy) is 1. The van der Waals surface area contributed by atoms with Gasteiger partial charge < -0.3 is 14.5 Å². The quantitative estimate of drug-likeness (QED) is 0.606. The summed E-state index contributed by atoms with van der Waals surface area (Å²) in [5, 5.41) is 4.21. The summed E-state index contributed by atoms with van der Waals surface area (Å²) in [5.74, 6) is 0.0647. The molecule has 2 aromatic carbocycles. The monoisotopic (exact) mass is 417 g/mol. The van der Waals surface area contributed by atoms with E-state index >= 15 is 0 Å². The molecule has 0 bridgehead atoms. The van der Waals surface area contributed by atoms with Gasteiger partial charge in [-0.05, 0) is 55.5 Å². The third kappa shape index (κ3) is 3.73. The zero-order valence-corrected chi connectivity index (χ0v) is 16.4. The number of halogens is 2. The van der Waals surface area contributed by atoms with Gasteiger partial charge in [0.15, 0.2) is 6.61 Å². The van der Waals surface area contributed by atoms with Gasteiger partial charge in [-0.15, -0.1) is 0 Å². The molecule has 0 atom stereocenters. The molecule has 0 radical (unpaired) electrons. The molecule has 28 heavy (non-hydrogen) atoms. The maximum Gasteiger partial charge on any atom is 0.339 e. The summed E-state index contributed by atoms with van der Waals surface area (Å²) in [7, 11) is 0. The lowest BCUT2D eigenvalue weighted by Crippen LogP contribution is -2.20. The molecule has 7 heteroatoms. The fourth-order valence-electron chi connectivity index (χ4n) is 3.45. The van der Waals surface area contributed by atoms with Crippen LogP contribution in [0.15, 0.2) is 45.6 Å². The summed E-state index contributed by atoms with van der Waals surface area (Å²) in [6.45, 7) is -0.219. The number of rotatable bonds is 4. The highest BCUT2D eigenvalue weighted by atomic mass is 35.5. The molecule has 1 amide bonds. The minimum Gasteiger partial charge on any atom is -0.484 e. The minimum atomic E-state index is -0.379. The fraction of sp³-hybridized carbons (Fsp3) is 0.238. The Kier molecular flexibility index (Phi) is 5.29. The molecular formula is C21H17Cl2NO4. The predicted molar refractivity (Wildman–Crippen MR) is 110 cm³/mol. The lowest BCUT2D eigenvalue weighted by Gasteiger charge is -2.16. The summed E-state index contributed by atoms with van der Waals surface area (Å²) in [6, 6.07) is 10.3. The summed E-state index contributed by atoms with van der Waals surface area (Å²) in [4.78, 5) is 24.4. The molecule has 0 aliphatic heterocycles. The third-order valence-electron chi connectivity index (χ3n) is 4.79. The first-order chi connectivity index (χ1) is 13.5. The Balaban J connectivity index is 1.50. The van der Waals surface area contributed by atoms with E-state index in [4.69, 9.17) is 32.4 Å². The van der Waals surface area contributed by atoms with Crippen molar-refractivity contribution in [3.8, 4) is 5.75 Å². The molecule has 0 spiro atoms. The number of fused-ring (bicyclic) bond motifs is 3. The second kappa shape index (κ2) is 7.86. The lowest BCUT2D eigenvalue weighted by atomic mass is 9.91. The van der Waals surface area contributed by atoms with Gasteiger partial charge in [-0.2, -0.15) is 0 Å². The van der Waals surface area contributed by atoms with Gasteiger partial charge in [-0.25, -0.2) is 4.79 Å². The molecule has 0 saturated heterocycles. The zero-order chi connectivity index (χ0) is 19.7. The van der Waals surface area contributed by atoms with E-state index < -0.39 is 0 Å². The van der Waals surface area contributed by atoms with Crippen LogP contribution in [-0.4, -0.2) is 12.5 Å². The number of hydrogen-bond acceptors (Lipinski definition) is 4. The molecule has 3 aromatic rings. The summed E-state index contributed by atoms with van der Waals surface area (Å²) in [5.41, 5.74) is 2.45. The third-order valence-corrected chi connectivity index (χ3v) is 5.61. The molecule has 1 aliphatic rings. The van der Waals surface area contributed by atoms with Crippen LogP contribution in [-0.2, 0) is 17.6 Å². The molecule has 144 valence electrons. The zero-order valence-electron chi connectivity index (χ0n) is 14.9. The Hall–Kier alpha value is -2.50. The van der Waals surface area contributed by atoms with Crippen LogP contribution in [0.4, 0.5) is 5.69 Å². The fourth-order valence-corrected chi connectivity index (χ4v) is 3.80. The van der Waals surface area contributed by atoms with Gasteiger partial charge in [-0.1, -0.05) is 29.3 Å². The van der Waals surface area contributed by atoms with Crippen molar-refractivity contribution >= 4 is 45.8 Å². The van der Waals surface area contributed by atoms with Gasteiger partial charge in [-0.3, -0.25) is 4.79 Å². The Morgan fingerprint density at radius 1 is 1.11 bits per heavy atom. The number of carbonyl (C=O) groups is 1. The molecule has 5 nitrogen and oxygen atoms in total. The van der Waals surface area contributed by atoms with Crippen LogP contribution in [0, 0.1) is 0 Å². The first-order valence-electron chi connectivity index (χ1n) is 8.98. The average Bonchev–Trinajstić information content (AvgIpc) is 2.70. The van der Waals surface area contributed by atoms with Crippen molar-refractivity contribution in [1.29, 1.82) is 0 Å². The van der Waals surface area contributed by atoms with Crippen LogP contribution in [0.2, 0.25) is 10.0 Å². The van der Waals surface area contributed by atoms with E-state index in [9.17, 15) is 9.59 Å².